The molecular formula is C14H20ClNO2. The molecule has 2 rings (SSSR count). The van der Waals surface area contributed by atoms with Crippen molar-refractivity contribution in [3.05, 3.63) is 28.8 Å². The van der Waals surface area contributed by atoms with E-state index in [0.717, 1.165) is 11.3 Å². The first-order valence-corrected chi connectivity index (χ1v) is 6.81. The largest absolute Gasteiger partial charge is 0.488 e. The van der Waals surface area contributed by atoms with Crippen molar-refractivity contribution in [1.29, 1.82) is 0 Å². The Morgan fingerprint density at radius 3 is 2.78 bits per heavy atom. The summed E-state index contributed by atoms with van der Waals surface area (Å²) >= 11 is 6.21. The monoisotopic (exact) mass is 269 g/mol. The maximum atomic E-state index is 9.50. The van der Waals surface area contributed by atoms with E-state index in [1.54, 1.807) is 6.92 Å². The summed E-state index contributed by atoms with van der Waals surface area (Å²) in [5.74, 6) is 0.754. The highest BCUT2D eigenvalue weighted by Gasteiger charge is 2.22. The third kappa shape index (κ3) is 3.61. The molecule has 0 bridgehead atoms. The maximum Gasteiger partial charge on any atom is 0.125 e. The molecule has 0 spiro atoms. The zero-order valence-corrected chi connectivity index (χ0v) is 11.6. The lowest BCUT2D eigenvalue weighted by molar-refractivity contribution is 0.0597. The van der Waals surface area contributed by atoms with Gasteiger partial charge in [-0.3, -0.25) is 0 Å². The lowest BCUT2D eigenvalue weighted by Crippen LogP contribution is -2.26. The first-order valence-electron chi connectivity index (χ1n) is 6.43. The highest BCUT2D eigenvalue weighted by molar-refractivity contribution is 6.31. The number of ether oxygens (including phenoxy) is 1. The first-order chi connectivity index (χ1) is 8.58. The summed E-state index contributed by atoms with van der Waals surface area (Å²) < 4.78 is 5.77. The minimum atomic E-state index is -0.506. The second kappa shape index (κ2) is 5.91. The SMILES string of the molecule is CC(O)C(C)Oc1cccc(Cl)c1CNC1CC1. The molecular weight excluding hydrogens is 250 g/mol. The molecule has 0 saturated heterocycles. The Kier molecular flexibility index (Phi) is 4.49. The van der Waals surface area contributed by atoms with Crippen LogP contribution < -0.4 is 10.1 Å². The van der Waals surface area contributed by atoms with Crippen molar-refractivity contribution in [2.45, 2.75) is 51.5 Å². The first kappa shape index (κ1) is 13.7. The van der Waals surface area contributed by atoms with Gasteiger partial charge in [0.05, 0.1) is 6.10 Å². The fourth-order valence-electron chi connectivity index (χ4n) is 1.65. The molecule has 1 aromatic carbocycles. The van der Waals surface area contributed by atoms with E-state index in [-0.39, 0.29) is 6.10 Å². The third-order valence-electron chi connectivity index (χ3n) is 3.21. The molecule has 0 amide bonds. The van der Waals surface area contributed by atoms with Gasteiger partial charge in [0.2, 0.25) is 0 Å². The average Bonchev–Trinajstić information content (AvgIpc) is 3.12. The Labute approximate surface area is 113 Å². The van der Waals surface area contributed by atoms with Crippen molar-refractivity contribution < 1.29 is 9.84 Å². The summed E-state index contributed by atoms with van der Waals surface area (Å²) in [5.41, 5.74) is 0.971. The summed E-state index contributed by atoms with van der Waals surface area (Å²) in [7, 11) is 0. The molecule has 1 aromatic rings. The van der Waals surface area contributed by atoms with Gasteiger partial charge in [-0.25, -0.2) is 0 Å². The van der Waals surface area contributed by atoms with Crippen LogP contribution in [0.25, 0.3) is 0 Å². The highest BCUT2D eigenvalue weighted by Crippen LogP contribution is 2.29. The van der Waals surface area contributed by atoms with E-state index < -0.39 is 6.10 Å². The molecule has 0 radical (unpaired) electrons. The Hall–Kier alpha value is -0.770. The van der Waals surface area contributed by atoms with Gasteiger partial charge in [0.25, 0.3) is 0 Å². The van der Waals surface area contributed by atoms with Crippen LogP contribution in [0.2, 0.25) is 5.02 Å². The lowest BCUT2D eigenvalue weighted by atomic mass is 10.2. The normalized spacial score (nSPS) is 18.4. The van der Waals surface area contributed by atoms with Crippen LogP contribution in [-0.4, -0.2) is 23.4 Å². The Balaban J connectivity index is 2.08. The fraction of sp³-hybridized carbons (Fsp3) is 0.571. The van der Waals surface area contributed by atoms with Crippen molar-refractivity contribution in [3.8, 4) is 5.75 Å². The fourth-order valence-corrected chi connectivity index (χ4v) is 1.89. The van der Waals surface area contributed by atoms with Gasteiger partial charge in [0, 0.05) is 23.2 Å². The van der Waals surface area contributed by atoms with Crippen LogP contribution in [0.15, 0.2) is 18.2 Å². The number of nitrogens with one attached hydrogen (secondary N) is 1. The number of hydrogen-bond donors (Lipinski definition) is 2. The van der Waals surface area contributed by atoms with Crippen LogP contribution in [0.4, 0.5) is 0 Å². The summed E-state index contributed by atoms with van der Waals surface area (Å²) in [6.45, 7) is 4.28. The van der Waals surface area contributed by atoms with Gasteiger partial charge in [-0.1, -0.05) is 17.7 Å². The van der Waals surface area contributed by atoms with Crippen molar-refractivity contribution in [1.82, 2.24) is 5.32 Å². The van der Waals surface area contributed by atoms with E-state index in [2.05, 4.69) is 5.32 Å². The summed E-state index contributed by atoms with van der Waals surface area (Å²) in [4.78, 5) is 0. The van der Waals surface area contributed by atoms with Crippen molar-refractivity contribution in [2.24, 2.45) is 0 Å². The second-order valence-electron chi connectivity index (χ2n) is 4.94. The van der Waals surface area contributed by atoms with Gasteiger partial charge in [-0.15, -0.1) is 0 Å². The van der Waals surface area contributed by atoms with Gasteiger partial charge in [0.15, 0.2) is 0 Å². The minimum Gasteiger partial charge on any atom is -0.488 e. The van der Waals surface area contributed by atoms with E-state index in [1.807, 2.05) is 25.1 Å². The van der Waals surface area contributed by atoms with E-state index in [4.69, 9.17) is 16.3 Å². The zero-order valence-electron chi connectivity index (χ0n) is 10.8. The highest BCUT2D eigenvalue weighted by atomic mass is 35.5. The Morgan fingerprint density at radius 2 is 2.17 bits per heavy atom. The summed E-state index contributed by atoms with van der Waals surface area (Å²) in [5, 5.41) is 13.6. The number of aliphatic hydroxyl groups excluding tert-OH is 1. The average molecular weight is 270 g/mol. The molecule has 3 nitrogen and oxygen atoms in total. The molecule has 1 aliphatic rings. The van der Waals surface area contributed by atoms with Gasteiger partial charge in [0.1, 0.15) is 11.9 Å². The molecule has 0 aromatic heterocycles. The summed E-state index contributed by atoms with van der Waals surface area (Å²) in [6, 6.07) is 6.26. The standard InChI is InChI=1S/C14H20ClNO2/c1-9(17)10(2)18-14-5-3-4-13(15)12(14)8-16-11-6-7-11/h3-5,9-11,16-17H,6-8H2,1-2H3. The molecule has 2 N–H and O–H groups in total. The number of aliphatic hydroxyl groups is 1. The van der Waals surface area contributed by atoms with Crippen LogP contribution in [0.1, 0.15) is 32.3 Å². The zero-order chi connectivity index (χ0) is 13.1. The number of rotatable bonds is 6. The molecule has 1 saturated carbocycles. The Morgan fingerprint density at radius 1 is 1.44 bits per heavy atom. The number of benzene rings is 1. The van der Waals surface area contributed by atoms with Crippen LogP contribution >= 0.6 is 11.6 Å². The third-order valence-corrected chi connectivity index (χ3v) is 3.57. The smallest absolute Gasteiger partial charge is 0.125 e. The predicted octanol–water partition coefficient (Wildman–Crippen LogP) is 2.74. The van der Waals surface area contributed by atoms with Crippen LogP contribution in [0.3, 0.4) is 0 Å². The number of halogens is 1. The van der Waals surface area contributed by atoms with Gasteiger partial charge >= 0.3 is 0 Å². The molecule has 2 unspecified atom stereocenters. The van der Waals surface area contributed by atoms with Crippen LogP contribution in [0, 0.1) is 0 Å². The molecule has 18 heavy (non-hydrogen) atoms. The quantitative estimate of drug-likeness (QED) is 0.834. The molecule has 100 valence electrons. The predicted molar refractivity (Wildman–Crippen MR) is 73.1 cm³/mol. The molecule has 2 atom stereocenters. The van der Waals surface area contributed by atoms with E-state index in [0.29, 0.717) is 17.6 Å². The van der Waals surface area contributed by atoms with Crippen molar-refractivity contribution in [3.63, 3.8) is 0 Å². The summed E-state index contributed by atoms with van der Waals surface area (Å²) in [6.07, 6.45) is 1.73. The van der Waals surface area contributed by atoms with Crippen LogP contribution in [0.5, 0.6) is 5.75 Å². The molecule has 0 aliphatic heterocycles. The maximum absolute atomic E-state index is 9.50. The van der Waals surface area contributed by atoms with Gasteiger partial charge < -0.3 is 15.2 Å². The topological polar surface area (TPSA) is 41.5 Å². The van der Waals surface area contributed by atoms with Crippen molar-refractivity contribution in [2.75, 3.05) is 0 Å². The second-order valence-corrected chi connectivity index (χ2v) is 5.34. The molecule has 4 heteroatoms. The number of hydrogen-bond acceptors (Lipinski definition) is 3. The van der Waals surface area contributed by atoms with E-state index >= 15 is 0 Å². The van der Waals surface area contributed by atoms with Crippen molar-refractivity contribution >= 4 is 11.6 Å². The van der Waals surface area contributed by atoms with Crippen LogP contribution in [-0.2, 0) is 6.54 Å². The van der Waals surface area contributed by atoms with Gasteiger partial charge in [-0.05, 0) is 38.8 Å². The van der Waals surface area contributed by atoms with Gasteiger partial charge in [-0.2, -0.15) is 0 Å². The molecule has 1 fully saturated rings. The minimum absolute atomic E-state index is 0.247. The lowest BCUT2D eigenvalue weighted by Gasteiger charge is -2.20. The van der Waals surface area contributed by atoms with E-state index in [9.17, 15) is 5.11 Å². The van der Waals surface area contributed by atoms with E-state index in [1.165, 1.54) is 12.8 Å². The Bertz CT molecular complexity index is 405. The molecule has 1 aliphatic carbocycles. The molecule has 0 heterocycles.